The molecule has 1 rings (SSSR count). The molecule has 1 aromatic rings. The lowest BCUT2D eigenvalue weighted by molar-refractivity contribution is 0.124. The summed E-state index contributed by atoms with van der Waals surface area (Å²) in [6, 6.07) is 5.87. The van der Waals surface area contributed by atoms with Crippen LogP contribution in [0, 0.1) is 0 Å². The molecule has 0 saturated carbocycles. The first-order valence-corrected chi connectivity index (χ1v) is 7.20. The van der Waals surface area contributed by atoms with E-state index in [4.69, 9.17) is 27.9 Å². The van der Waals surface area contributed by atoms with Crippen LogP contribution in [0.5, 0.6) is 0 Å². The van der Waals surface area contributed by atoms with Gasteiger partial charge in [-0.05, 0) is 37.1 Å². The molecular weight excluding hydrogens is 269 g/mol. The Labute approximate surface area is 120 Å². The molecule has 102 valence electrons. The van der Waals surface area contributed by atoms with Crippen molar-refractivity contribution in [2.75, 3.05) is 19.8 Å². The van der Waals surface area contributed by atoms with Gasteiger partial charge in [0.1, 0.15) is 0 Å². The molecule has 1 unspecified atom stereocenters. The molecule has 0 saturated heterocycles. The van der Waals surface area contributed by atoms with E-state index in [0.717, 1.165) is 38.2 Å². The van der Waals surface area contributed by atoms with Crippen LogP contribution in [0.25, 0.3) is 0 Å². The van der Waals surface area contributed by atoms with E-state index in [1.807, 2.05) is 12.1 Å². The Hall–Kier alpha value is -0.280. The van der Waals surface area contributed by atoms with E-state index in [2.05, 4.69) is 19.2 Å². The highest BCUT2D eigenvalue weighted by Crippen LogP contribution is 2.28. The Balaban J connectivity index is 2.64. The zero-order valence-corrected chi connectivity index (χ0v) is 12.5. The number of rotatable bonds is 8. The van der Waals surface area contributed by atoms with Crippen molar-refractivity contribution in [1.82, 2.24) is 5.32 Å². The second-order valence-corrected chi connectivity index (χ2v) is 5.02. The maximum atomic E-state index is 6.23. The second kappa shape index (κ2) is 8.76. The fourth-order valence-electron chi connectivity index (χ4n) is 1.85. The van der Waals surface area contributed by atoms with Crippen molar-refractivity contribution in [1.29, 1.82) is 0 Å². The molecule has 0 heterocycles. The molecule has 2 nitrogen and oxygen atoms in total. The van der Waals surface area contributed by atoms with Gasteiger partial charge in [0.2, 0.25) is 0 Å². The summed E-state index contributed by atoms with van der Waals surface area (Å²) in [5.74, 6) is 0. The summed E-state index contributed by atoms with van der Waals surface area (Å²) in [4.78, 5) is 0. The third-order valence-corrected chi connectivity index (χ3v) is 3.25. The van der Waals surface area contributed by atoms with Gasteiger partial charge < -0.3 is 10.1 Å². The fraction of sp³-hybridized carbons (Fsp3) is 0.571. The molecule has 18 heavy (non-hydrogen) atoms. The van der Waals surface area contributed by atoms with Crippen LogP contribution in [0.3, 0.4) is 0 Å². The van der Waals surface area contributed by atoms with E-state index in [0.29, 0.717) is 10.0 Å². The van der Waals surface area contributed by atoms with Crippen LogP contribution >= 0.6 is 23.2 Å². The SMILES string of the molecule is CCCOCCC(NCC)c1ccc(Cl)cc1Cl. The largest absolute Gasteiger partial charge is 0.381 e. The number of hydrogen-bond acceptors (Lipinski definition) is 2. The average molecular weight is 290 g/mol. The molecule has 0 aliphatic carbocycles. The molecule has 0 radical (unpaired) electrons. The van der Waals surface area contributed by atoms with Crippen molar-refractivity contribution in [2.45, 2.75) is 32.7 Å². The van der Waals surface area contributed by atoms with Gasteiger partial charge in [-0.1, -0.05) is 43.1 Å². The van der Waals surface area contributed by atoms with Crippen LogP contribution in [0.4, 0.5) is 0 Å². The van der Waals surface area contributed by atoms with E-state index >= 15 is 0 Å². The molecule has 0 fully saturated rings. The quantitative estimate of drug-likeness (QED) is 0.714. The number of nitrogens with one attached hydrogen (secondary N) is 1. The topological polar surface area (TPSA) is 21.3 Å². The van der Waals surface area contributed by atoms with Crippen LogP contribution < -0.4 is 5.32 Å². The Morgan fingerprint density at radius 1 is 1.22 bits per heavy atom. The highest BCUT2D eigenvalue weighted by molar-refractivity contribution is 6.35. The summed E-state index contributed by atoms with van der Waals surface area (Å²) in [6.45, 7) is 6.65. The average Bonchev–Trinajstić information content (AvgIpc) is 2.34. The van der Waals surface area contributed by atoms with E-state index < -0.39 is 0 Å². The number of ether oxygens (including phenoxy) is 1. The zero-order chi connectivity index (χ0) is 13.4. The lowest BCUT2D eigenvalue weighted by Gasteiger charge is -2.19. The molecule has 0 aliphatic rings. The van der Waals surface area contributed by atoms with E-state index in [-0.39, 0.29) is 6.04 Å². The van der Waals surface area contributed by atoms with Crippen molar-refractivity contribution < 1.29 is 4.74 Å². The first kappa shape index (κ1) is 15.8. The smallest absolute Gasteiger partial charge is 0.0484 e. The lowest BCUT2D eigenvalue weighted by Crippen LogP contribution is -2.22. The molecule has 4 heteroatoms. The number of hydrogen-bond donors (Lipinski definition) is 1. The van der Waals surface area contributed by atoms with Crippen LogP contribution in [-0.4, -0.2) is 19.8 Å². The van der Waals surface area contributed by atoms with Crippen LogP contribution in [0.2, 0.25) is 10.0 Å². The molecule has 0 amide bonds. The van der Waals surface area contributed by atoms with Gasteiger partial charge >= 0.3 is 0 Å². The number of halogens is 2. The molecule has 0 aliphatic heterocycles. The highest BCUT2D eigenvalue weighted by atomic mass is 35.5. The predicted molar refractivity (Wildman–Crippen MR) is 78.6 cm³/mol. The molecule has 0 spiro atoms. The minimum Gasteiger partial charge on any atom is -0.381 e. The minimum absolute atomic E-state index is 0.219. The van der Waals surface area contributed by atoms with Gasteiger partial charge in [0.25, 0.3) is 0 Å². The lowest BCUT2D eigenvalue weighted by atomic mass is 10.0. The molecule has 0 bridgehead atoms. The Morgan fingerprint density at radius 2 is 2.00 bits per heavy atom. The van der Waals surface area contributed by atoms with Crippen molar-refractivity contribution in [3.05, 3.63) is 33.8 Å². The van der Waals surface area contributed by atoms with E-state index in [1.54, 1.807) is 6.07 Å². The van der Waals surface area contributed by atoms with Crippen molar-refractivity contribution >= 4 is 23.2 Å². The molecular formula is C14H21Cl2NO. The first-order chi connectivity index (χ1) is 8.69. The summed E-state index contributed by atoms with van der Waals surface area (Å²) in [5, 5.41) is 4.81. The third kappa shape index (κ3) is 5.15. The first-order valence-electron chi connectivity index (χ1n) is 6.45. The summed E-state index contributed by atoms with van der Waals surface area (Å²) in [7, 11) is 0. The summed E-state index contributed by atoms with van der Waals surface area (Å²) in [5.41, 5.74) is 1.09. The Morgan fingerprint density at radius 3 is 2.61 bits per heavy atom. The minimum atomic E-state index is 0.219. The third-order valence-electron chi connectivity index (χ3n) is 2.69. The van der Waals surface area contributed by atoms with Gasteiger partial charge in [0.15, 0.2) is 0 Å². The monoisotopic (exact) mass is 289 g/mol. The zero-order valence-electron chi connectivity index (χ0n) is 11.0. The van der Waals surface area contributed by atoms with Gasteiger partial charge in [-0.2, -0.15) is 0 Å². The maximum absolute atomic E-state index is 6.23. The van der Waals surface area contributed by atoms with Gasteiger partial charge in [-0.15, -0.1) is 0 Å². The van der Waals surface area contributed by atoms with Crippen molar-refractivity contribution in [2.24, 2.45) is 0 Å². The van der Waals surface area contributed by atoms with Gasteiger partial charge in [-0.3, -0.25) is 0 Å². The summed E-state index contributed by atoms with van der Waals surface area (Å²) >= 11 is 12.1. The fourth-order valence-corrected chi connectivity index (χ4v) is 2.39. The van der Waals surface area contributed by atoms with Gasteiger partial charge in [-0.25, -0.2) is 0 Å². The van der Waals surface area contributed by atoms with Crippen molar-refractivity contribution in [3.63, 3.8) is 0 Å². The highest BCUT2D eigenvalue weighted by Gasteiger charge is 2.13. The Kier molecular flexibility index (Phi) is 7.68. The summed E-state index contributed by atoms with van der Waals surface area (Å²) < 4.78 is 5.54. The summed E-state index contributed by atoms with van der Waals surface area (Å²) in [6.07, 6.45) is 1.96. The molecule has 0 aromatic heterocycles. The van der Waals surface area contributed by atoms with Crippen LogP contribution in [0.1, 0.15) is 38.3 Å². The molecule has 1 atom stereocenters. The number of benzene rings is 1. The van der Waals surface area contributed by atoms with Crippen molar-refractivity contribution in [3.8, 4) is 0 Å². The van der Waals surface area contributed by atoms with E-state index in [1.165, 1.54) is 0 Å². The van der Waals surface area contributed by atoms with Gasteiger partial charge in [0, 0.05) is 29.3 Å². The molecule has 1 aromatic carbocycles. The standard InChI is InChI=1S/C14H21Cl2NO/c1-3-8-18-9-7-14(17-4-2)12-6-5-11(15)10-13(12)16/h5-6,10,14,17H,3-4,7-9H2,1-2H3. The van der Waals surface area contributed by atoms with Crippen LogP contribution in [-0.2, 0) is 4.74 Å². The second-order valence-electron chi connectivity index (χ2n) is 4.18. The maximum Gasteiger partial charge on any atom is 0.0484 e. The van der Waals surface area contributed by atoms with Crippen LogP contribution in [0.15, 0.2) is 18.2 Å². The normalized spacial score (nSPS) is 12.7. The van der Waals surface area contributed by atoms with E-state index in [9.17, 15) is 0 Å². The Bertz CT molecular complexity index is 358. The predicted octanol–water partition coefficient (Wildman–Crippen LogP) is 4.46. The molecule has 1 N–H and O–H groups in total. The van der Waals surface area contributed by atoms with Gasteiger partial charge in [0.05, 0.1) is 0 Å².